The van der Waals surface area contributed by atoms with Crippen LogP contribution in [0.3, 0.4) is 0 Å². The van der Waals surface area contributed by atoms with Gasteiger partial charge < -0.3 is 15.0 Å². The van der Waals surface area contributed by atoms with Crippen molar-refractivity contribution in [2.45, 2.75) is 6.54 Å². The molecule has 5 nitrogen and oxygen atoms in total. The SMILES string of the molecule is CN(C)C(N)=NCc1cn2ccccc2n1.I. The van der Waals surface area contributed by atoms with Gasteiger partial charge in [0, 0.05) is 26.5 Å². The van der Waals surface area contributed by atoms with Gasteiger partial charge in [0.1, 0.15) is 5.65 Å². The second-order valence-corrected chi connectivity index (χ2v) is 3.77. The number of guanidine groups is 1. The molecular weight excluding hydrogens is 329 g/mol. The van der Waals surface area contributed by atoms with Crippen molar-refractivity contribution in [2.75, 3.05) is 14.1 Å². The summed E-state index contributed by atoms with van der Waals surface area (Å²) in [6, 6.07) is 5.89. The van der Waals surface area contributed by atoms with E-state index in [1.54, 1.807) is 4.90 Å². The van der Waals surface area contributed by atoms with Gasteiger partial charge in [-0.1, -0.05) is 6.07 Å². The van der Waals surface area contributed by atoms with Crippen LogP contribution < -0.4 is 5.73 Å². The van der Waals surface area contributed by atoms with Gasteiger partial charge in [-0.05, 0) is 12.1 Å². The highest BCUT2D eigenvalue weighted by atomic mass is 127. The molecule has 0 unspecified atom stereocenters. The van der Waals surface area contributed by atoms with Crippen molar-refractivity contribution in [1.29, 1.82) is 0 Å². The molecule has 2 rings (SSSR count). The van der Waals surface area contributed by atoms with Crippen molar-refractivity contribution in [3.8, 4) is 0 Å². The first-order chi connectivity index (χ1) is 7.66. The summed E-state index contributed by atoms with van der Waals surface area (Å²) >= 11 is 0. The lowest BCUT2D eigenvalue weighted by Crippen LogP contribution is -2.30. The van der Waals surface area contributed by atoms with E-state index in [4.69, 9.17) is 5.73 Å². The molecule has 0 saturated carbocycles. The lowest BCUT2D eigenvalue weighted by atomic mass is 10.5. The number of hydrogen-bond acceptors (Lipinski definition) is 2. The molecule has 0 aliphatic rings. The summed E-state index contributed by atoms with van der Waals surface area (Å²) in [6.07, 6.45) is 3.92. The number of pyridine rings is 1. The van der Waals surface area contributed by atoms with Gasteiger partial charge in [-0.2, -0.15) is 0 Å². The average molecular weight is 345 g/mol. The van der Waals surface area contributed by atoms with E-state index in [1.165, 1.54) is 0 Å². The number of halogens is 1. The minimum absolute atomic E-state index is 0. The number of imidazole rings is 1. The third-order valence-electron chi connectivity index (χ3n) is 2.28. The van der Waals surface area contributed by atoms with E-state index in [-0.39, 0.29) is 24.0 Å². The fraction of sp³-hybridized carbons (Fsp3) is 0.273. The Hall–Kier alpha value is -1.31. The predicted molar refractivity (Wildman–Crippen MR) is 79.6 cm³/mol. The van der Waals surface area contributed by atoms with Crippen molar-refractivity contribution < 1.29 is 0 Å². The molecule has 0 saturated heterocycles. The summed E-state index contributed by atoms with van der Waals surface area (Å²) in [5.41, 5.74) is 7.54. The highest BCUT2D eigenvalue weighted by Gasteiger charge is 2.00. The summed E-state index contributed by atoms with van der Waals surface area (Å²) in [7, 11) is 3.73. The molecule has 2 aromatic heterocycles. The van der Waals surface area contributed by atoms with Gasteiger partial charge in [-0.25, -0.2) is 9.98 Å². The molecule has 6 heteroatoms. The van der Waals surface area contributed by atoms with Gasteiger partial charge >= 0.3 is 0 Å². The summed E-state index contributed by atoms with van der Waals surface area (Å²) in [5, 5.41) is 0. The van der Waals surface area contributed by atoms with Gasteiger partial charge in [0.2, 0.25) is 0 Å². The molecule has 0 aliphatic carbocycles. The highest BCUT2D eigenvalue weighted by Crippen LogP contribution is 2.05. The van der Waals surface area contributed by atoms with E-state index in [0.717, 1.165) is 11.3 Å². The maximum absolute atomic E-state index is 5.70. The molecule has 92 valence electrons. The van der Waals surface area contributed by atoms with Gasteiger partial charge in [-0.3, -0.25) is 0 Å². The first kappa shape index (κ1) is 13.8. The average Bonchev–Trinajstić information content (AvgIpc) is 2.68. The van der Waals surface area contributed by atoms with E-state index in [0.29, 0.717) is 12.5 Å². The number of nitrogens with two attached hydrogens (primary N) is 1. The van der Waals surface area contributed by atoms with Crippen LogP contribution in [0, 0.1) is 0 Å². The summed E-state index contributed by atoms with van der Waals surface area (Å²) in [6.45, 7) is 0.506. The van der Waals surface area contributed by atoms with Crippen molar-refractivity contribution in [1.82, 2.24) is 14.3 Å². The molecule has 0 spiro atoms. The first-order valence-corrected chi connectivity index (χ1v) is 5.06. The zero-order valence-corrected chi connectivity index (χ0v) is 12.2. The van der Waals surface area contributed by atoms with Crippen LogP contribution in [0.2, 0.25) is 0 Å². The maximum Gasteiger partial charge on any atom is 0.191 e. The second kappa shape index (κ2) is 5.85. The Morgan fingerprint density at radius 3 is 2.88 bits per heavy atom. The molecule has 0 aromatic carbocycles. The van der Waals surface area contributed by atoms with E-state index < -0.39 is 0 Å². The molecule has 0 atom stereocenters. The topological polar surface area (TPSA) is 58.9 Å². The van der Waals surface area contributed by atoms with Crippen LogP contribution in [-0.2, 0) is 6.54 Å². The van der Waals surface area contributed by atoms with Crippen LogP contribution >= 0.6 is 24.0 Å². The molecule has 0 amide bonds. The molecule has 2 N–H and O–H groups in total. The Bertz CT molecular complexity index is 484. The van der Waals surface area contributed by atoms with Crippen LogP contribution in [0.5, 0.6) is 0 Å². The summed E-state index contributed by atoms with van der Waals surface area (Å²) in [5.74, 6) is 0.511. The van der Waals surface area contributed by atoms with Crippen LogP contribution in [-0.4, -0.2) is 34.3 Å². The fourth-order valence-electron chi connectivity index (χ4n) is 1.37. The number of aliphatic imine (C=N–C) groups is 1. The van der Waals surface area contributed by atoms with E-state index in [2.05, 4.69) is 9.98 Å². The van der Waals surface area contributed by atoms with Gasteiger partial charge in [0.15, 0.2) is 5.96 Å². The zero-order chi connectivity index (χ0) is 11.5. The van der Waals surface area contributed by atoms with Crippen LogP contribution in [0.4, 0.5) is 0 Å². The van der Waals surface area contributed by atoms with E-state index in [9.17, 15) is 0 Å². The molecule has 2 heterocycles. The van der Waals surface area contributed by atoms with Crippen molar-refractivity contribution in [2.24, 2.45) is 10.7 Å². The second-order valence-electron chi connectivity index (χ2n) is 3.77. The largest absolute Gasteiger partial charge is 0.370 e. The van der Waals surface area contributed by atoms with Crippen LogP contribution in [0.1, 0.15) is 5.69 Å². The Morgan fingerprint density at radius 1 is 1.47 bits per heavy atom. The van der Waals surface area contributed by atoms with Gasteiger partial charge in [0.25, 0.3) is 0 Å². The lowest BCUT2D eigenvalue weighted by molar-refractivity contribution is 0.609. The minimum Gasteiger partial charge on any atom is -0.370 e. The maximum atomic E-state index is 5.70. The molecule has 17 heavy (non-hydrogen) atoms. The van der Waals surface area contributed by atoms with Crippen molar-refractivity contribution in [3.63, 3.8) is 0 Å². The third kappa shape index (κ3) is 3.32. The van der Waals surface area contributed by atoms with Crippen LogP contribution in [0.15, 0.2) is 35.6 Å². The molecule has 0 fully saturated rings. The monoisotopic (exact) mass is 345 g/mol. The first-order valence-electron chi connectivity index (χ1n) is 5.06. The standard InChI is InChI=1S/C11H15N5.HI/c1-15(2)11(12)13-7-9-8-16-6-4-3-5-10(16)14-9;/h3-6,8H,7H2,1-2H3,(H2,12,13);1H. The Morgan fingerprint density at radius 2 is 2.24 bits per heavy atom. The number of fused-ring (bicyclic) bond motifs is 1. The normalized spacial score (nSPS) is 11.3. The Kier molecular flexibility index (Phi) is 4.73. The Balaban J connectivity index is 0.00000144. The van der Waals surface area contributed by atoms with Gasteiger partial charge in [-0.15, -0.1) is 24.0 Å². The Labute approximate surface area is 117 Å². The van der Waals surface area contributed by atoms with Crippen molar-refractivity contribution >= 4 is 35.6 Å². The van der Waals surface area contributed by atoms with Crippen LogP contribution in [0.25, 0.3) is 5.65 Å². The van der Waals surface area contributed by atoms with E-state index in [1.807, 2.05) is 49.1 Å². The quantitative estimate of drug-likeness (QED) is 0.508. The molecule has 0 bridgehead atoms. The van der Waals surface area contributed by atoms with Crippen molar-refractivity contribution in [3.05, 3.63) is 36.3 Å². The number of aromatic nitrogens is 2. The minimum atomic E-state index is 0. The predicted octanol–water partition coefficient (Wildman–Crippen LogP) is 1.33. The zero-order valence-electron chi connectivity index (χ0n) is 9.87. The lowest BCUT2D eigenvalue weighted by Gasteiger charge is -2.09. The molecule has 0 aliphatic heterocycles. The summed E-state index contributed by atoms with van der Waals surface area (Å²) < 4.78 is 1.97. The number of rotatable bonds is 2. The molecule has 2 aromatic rings. The van der Waals surface area contributed by atoms with Gasteiger partial charge in [0.05, 0.1) is 12.2 Å². The molecular formula is C11H16IN5. The number of hydrogen-bond donors (Lipinski definition) is 1. The summed E-state index contributed by atoms with van der Waals surface area (Å²) in [4.78, 5) is 10.4. The third-order valence-corrected chi connectivity index (χ3v) is 2.28. The highest BCUT2D eigenvalue weighted by molar-refractivity contribution is 14.0. The number of nitrogens with zero attached hydrogens (tertiary/aromatic N) is 4. The van der Waals surface area contributed by atoms with E-state index >= 15 is 0 Å². The fourth-order valence-corrected chi connectivity index (χ4v) is 1.37. The smallest absolute Gasteiger partial charge is 0.191 e. The molecule has 0 radical (unpaired) electrons.